The average molecular weight is 519 g/mol. The normalized spacial score (nSPS) is 10.6. The van der Waals surface area contributed by atoms with Gasteiger partial charge in [-0.1, -0.05) is 80.6 Å². The van der Waals surface area contributed by atoms with E-state index in [1.54, 1.807) is 12.1 Å². The minimum Gasteiger partial charge on any atom is -0.478 e. The molecule has 5 heteroatoms. The van der Waals surface area contributed by atoms with Gasteiger partial charge >= 0.3 is 5.97 Å². The summed E-state index contributed by atoms with van der Waals surface area (Å²) in [4.78, 5) is 24.1. The number of nitrogens with zero attached hydrogens (tertiary/aromatic N) is 1. The molecule has 5 aromatic rings. The highest BCUT2D eigenvalue weighted by atomic mass is 16.4. The number of carbonyl (C=O) groups is 2. The summed E-state index contributed by atoms with van der Waals surface area (Å²) in [5.74, 6) is -1.02. The Labute approximate surface area is 229 Å². The van der Waals surface area contributed by atoms with Crippen molar-refractivity contribution in [1.29, 1.82) is 0 Å². The SMILES string of the molecule is CC.Cc1c(C)n(Cc2ccccc2-c2ccc(C(=O)O)cc2)c2ccc(C(=O)NCc3ccccc3)cc12. The summed E-state index contributed by atoms with van der Waals surface area (Å²) in [6, 6.07) is 30.9. The van der Waals surface area contributed by atoms with Crippen molar-refractivity contribution < 1.29 is 14.7 Å². The first-order chi connectivity index (χ1) is 18.9. The van der Waals surface area contributed by atoms with Crippen LogP contribution in [0.15, 0.2) is 97.1 Å². The number of fused-ring (bicyclic) bond motifs is 1. The third kappa shape index (κ3) is 5.93. The van der Waals surface area contributed by atoms with Crippen LogP contribution in [0, 0.1) is 13.8 Å². The van der Waals surface area contributed by atoms with E-state index in [1.165, 1.54) is 0 Å². The van der Waals surface area contributed by atoms with Crippen LogP contribution in [0.3, 0.4) is 0 Å². The number of nitrogens with one attached hydrogen (secondary N) is 1. The predicted octanol–water partition coefficient (Wildman–Crippen LogP) is 7.63. The van der Waals surface area contributed by atoms with E-state index in [0.717, 1.165) is 44.4 Å². The van der Waals surface area contributed by atoms with Gasteiger partial charge < -0.3 is 15.0 Å². The minimum absolute atomic E-state index is 0.0919. The van der Waals surface area contributed by atoms with Crippen molar-refractivity contribution in [2.24, 2.45) is 0 Å². The molecule has 0 saturated carbocycles. The lowest BCUT2D eigenvalue weighted by Crippen LogP contribution is -2.22. The molecule has 0 aliphatic rings. The van der Waals surface area contributed by atoms with Crippen molar-refractivity contribution in [2.45, 2.75) is 40.8 Å². The van der Waals surface area contributed by atoms with Gasteiger partial charge in [-0.2, -0.15) is 0 Å². The lowest BCUT2D eigenvalue weighted by Gasteiger charge is -2.14. The maximum Gasteiger partial charge on any atom is 0.335 e. The van der Waals surface area contributed by atoms with E-state index >= 15 is 0 Å². The Balaban J connectivity index is 0.00000172. The lowest BCUT2D eigenvalue weighted by molar-refractivity contribution is 0.0696. The van der Waals surface area contributed by atoms with E-state index in [-0.39, 0.29) is 11.5 Å². The summed E-state index contributed by atoms with van der Waals surface area (Å²) in [7, 11) is 0. The second-order valence-corrected chi connectivity index (χ2v) is 9.24. The van der Waals surface area contributed by atoms with Crippen LogP contribution in [-0.2, 0) is 13.1 Å². The number of amides is 1. The van der Waals surface area contributed by atoms with Crippen molar-refractivity contribution >= 4 is 22.8 Å². The van der Waals surface area contributed by atoms with Gasteiger partial charge in [0, 0.05) is 35.2 Å². The molecular formula is C34H34N2O3. The van der Waals surface area contributed by atoms with Gasteiger partial charge in [0.15, 0.2) is 0 Å². The van der Waals surface area contributed by atoms with Crippen LogP contribution in [0.2, 0.25) is 0 Å². The topological polar surface area (TPSA) is 71.3 Å². The molecule has 0 spiro atoms. The van der Waals surface area contributed by atoms with Gasteiger partial charge in [-0.25, -0.2) is 4.79 Å². The highest BCUT2D eigenvalue weighted by molar-refractivity contribution is 5.99. The van der Waals surface area contributed by atoms with Gasteiger partial charge in [-0.05, 0) is 72.0 Å². The van der Waals surface area contributed by atoms with Gasteiger partial charge in [0.2, 0.25) is 0 Å². The number of rotatable bonds is 7. The van der Waals surface area contributed by atoms with Crippen LogP contribution >= 0.6 is 0 Å². The van der Waals surface area contributed by atoms with Gasteiger partial charge in [0.05, 0.1) is 5.56 Å². The van der Waals surface area contributed by atoms with Gasteiger partial charge in [-0.15, -0.1) is 0 Å². The molecule has 2 N–H and O–H groups in total. The Hall–Kier alpha value is -4.64. The van der Waals surface area contributed by atoms with Crippen molar-refractivity contribution in [1.82, 2.24) is 9.88 Å². The zero-order valence-electron chi connectivity index (χ0n) is 22.9. The van der Waals surface area contributed by atoms with Crippen molar-refractivity contribution in [3.05, 3.63) is 131 Å². The molecule has 0 saturated heterocycles. The van der Waals surface area contributed by atoms with Gasteiger partial charge in [0.25, 0.3) is 5.91 Å². The molecule has 1 heterocycles. The maximum atomic E-state index is 12.9. The zero-order chi connectivity index (χ0) is 27.9. The molecule has 0 unspecified atom stereocenters. The van der Waals surface area contributed by atoms with Crippen LogP contribution < -0.4 is 5.32 Å². The summed E-state index contributed by atoms with van der Waals surface area (Å²) in [5, 5.41) is 13.3. The molecule has 0 aliphatic carbocycles. The number of aromatic carboxylic acids is 1. The summed E-state index contributed by atoms with van der Waals surface area (Å²) in [6.45, 7) is 9.35. The Morgan fingerprint density at radius 3 is 2.13 bits per heavy atom. The molecule has 0 atom stereocenters. The highest BCUT2D eigenvalue weighted by Gasteiger charge is 2.16. The fraction of sp³-hybridized carbons (Fsp3) is 0.176. The average Bonchev–Trinajstić information content (AvgIpc) is 3.22. The Morgan fingerprint density at radius 2 is 1.44 bits per heavy atom. The Kier molecular flexibility index (Phi) is 8.62. The molecule has 5 rings (SSSR count). The first-order valence-electron chi connectivity index (χ1n) is 13.3. The second-order valence-electron chi connectivity index (χ2n) is 9.24. The van der Waals surface area contributed by atoms with E-state index in [1.807, 2.05) is 86.6 Å². The monoisotopic (exact) mass is 518 g/mol. The van der Waals surface area contributed by atoms with Gasteiger partial charge in [0.1, 0.15) is 0 Å². The number of benzene rings is 4. The number of aryl methyl sites for hydroxylation is 1. The fourth-order valence-corrected chi connectivity index (χ4v) is 4.78. The van der Waals surface area contributed by atoms with Crippen molar-refractivity contribution in [2.75, 3.05) is 0 Å². The maximum absolute atomic E-state index is 12.9. The first-order valence-corrected chi connectivity index (χ1v) is 13.3. The molecule has 4 aromatic carbocycles. The minimum atomic E-state index is -0.933. The molecule has 5 nitrogen and oxygen atoms in total. The third-order valence-electron chi connectivity index (χ3n) is 6.99. The van der Waals surface area contributed by atoms with E-state index in [9.17, 15) is 14.7 Å². The number of hydrogen-bond donors (Lipinski definition) is 2. The predicted molar refractivity (Wildman–Crippen MR) is 158 cm³/mol. The number of carboxylic acid groups (broad SMARTS) is 1. The molecule has 0 fully saturated rings. The van der Waals surface area contributed by atoms with Crippen LogP contribution in [-0.4, -0.2) is 21.6 Å². The Bertz CT molecular complexity index is 1600. The summed E-state index contributed by atoms with van der Waals surface area (Å²) >= 11 is 0. The number of hydrogen-bond acceptors (Lipinski definition) is 2. The molecule has 0 aliphatic heterocycles. The standard InChI is InChI=1S/C32H28N2O3.C2H6/c1-21-22(2)34(20-27-10-6-7-11-28(27)24-12-14-25(15-13-24)32(36)37)30-17-16-26(18-29(21)30)31(35)33-19-23-8-4-3-5-9-23;1-2/h3-18H,19-20H2,1-2H3,(H,33,35)(H,36,37);1-2H3. The second kappa shape index (κ2) is 12.3. The van der Waals surface area contributed by atoms with Crippen molar-refractivity contribution in [3.63, 3.8) is 0 Å². The quantitative estimate of drug-likeness (QED) is 0.233. The molecule has 1 aromatic heterocycles. The zero-order valence-corrected chi connectivity index (χ0v) is 22.9. The molecule has 39 heavy (non-hydrogen) atoms. The highest BCUT2D eigenvalue weighted by Crippen LogP contribution is 2.30. The van der Waals surface area contributed by atoms with Gasteiger partial charge in [-0.3, -0.25) is 4.79 Å². The summed E-state index contributed by atoms with van der Waals surface area (Å²) in [5.41, 5.74) is 8.52. The molecule has 0 radical (unpaired) electrons. The number of carbonyl (C=O) groups excluding carboxylic acids is 1. The van der Waals surface area contributed by atoms with Crippen LogP contribution in [0.5, 0.6) is 0 Å². The molecule has 0 bridgehead atoms. The first kappa shape index (κ1) is 27.4. The van der Waals surface area contributed by atoms with E-state index in [0.29, 0.717) is 18.7 Å². The summed E-state index contributed by atoms with van der Waals surface area (Å²) < 4.78 is 2.28. The smallest absolute Gasteiger partial charge is 0.335 e. The van der Waals surface area contributed by atoms with E-state index in [2.05, 4.69) is 35.9 Å². The van der Waals surface area contributed by atoms with E-state index < -0.39 is 5.97 Å². The number of carboxylic acids is 1. The van der Waals surface area contributed by atoms with Crippen LogP contribution in [0.25, 0.3) is 22.0 Å². The Morgan fingerprint density at radius 1 is 0.795 bits per heavy atom. The fourth-order valence-electron chi connectivity index (χ4n) is 4.78. The molecular weight excluding hydrogens is 484 g/mol. The van der Waals surface area contributed by atoms with Crippen molar-refractivity contribution in [3.8, 4) is 11.1 Å². The largest absolute Gasteiger partial charge is 0.478 e. The lowest BCUT2D eigenvalue weighted by atomic mass is 9.98. The summed E-state index contributed by atoms with van der Waals surface area (Å²) in [6.07, 6.45) is 0. The van der Waals surface area contributed by atoms with E-state index in [4.69, 9.17) is 0 Å². The van der Waals surface area contributed by atoms with Crippen LogP contribution in [0.1, 0.15) is 56.9 Å². The molecule has 198 valence electrons. The van der Waals surface area contributed by atoms with Crippen LogP contribution in [0.4, 0.5) is 0 Å². The number of aromatic nitrogens is 1. The third-order valence-corrected chi connectivity index (χ3v) is 6.99. The molecule has 1 amide bonds.